The molecule has 0 aliphatic carbocycles. The Morgan fingerprint density at radius 3 is 2.65 bits per heavy atom. The maximum absolute atomic E-state index is 11.5. The molecule has 7 N–H and O–H groups in total. The van der Waals surface area contributed by atoms with E-state index < -0.39 is 18.0 Å². The molecule has 7 nitrogen and oxygen atoms in total. The van der Waals surface area contributed by atoms with Gasteiger partial charge in [-0.15, -0.1) is 0 Å². The Balaban J connectivity index is 2.60. The predicted molar refractivity (Wildman–Crippen MR) is 75.3 cm³/mol. The second kappa shape index (κ2) is 5.22. The Morgan fingerprint density at radius 1 is 1.40 bits per heavy atom. The predicted octanol–water partition coefficient (Wildman–Crippen LogP) is 1.20. The first-order valence-electron chi connectivity index (χ1n) is 6.14. The average Bonchev–Trinajstić information content (AvgIpc) is 2.73. The quantitative estimate of drug-likeness (QED) is 0.574. The second-order valence-electron chi connectivity index (χ2n) is 4.46. The molecule has 7 heteroatoms. The molecule has 2 aromatic rings. The average molecular weight is 276 g/mol. The third kappa shape index (κ3) is 2.43. The van der Waals surface area contributed by atoms with Crippen LogP contribution in [0.4, 0.5) is 10.6 Å². The van der Waals surface area contributed by atoms with Crippen LogP contribution in [0.2, 0.25) is 0 Å². The molecular weight excluding hydrogens is 260 g/mol. The molecule has 0 aliphatic rings. The number of amides is 3. The number of carbonyl (C=O) groups is 2. The van der Waals surface area contributed by atoms with E-state index in [4.69, 9.17) is 11.5 Å². The summed E-state index contributed by atoms with van der Waals surface area (Å²) in [6.45, 7) is 1.86. The fourth-order valence-electron chi connectivity index (χ4n) is 2.13. The lowest BCUT2D eigenvalue weighted by Crippen LogP contribution is -2.22. The van der Waals surface area contributed by atoms with Crippen molar-refractivity contribution in [1.82, 2.24) is 4.98 Å². The van der Waals surface area contributed by atoms with Gasteiger partial charge in [0, 0.05) is 10.9 Å². The number of anilines is 1. The van der Waals surface area contributed by atoms with Crippen LogP contribution in [0.3, 0.4) is 0 Å². The van der Waals surface area contributed by atoms with Gasteiger partial charge in [-0.3, -0.25) is 10.1 Å². The molecule has 0 saturated heterocycles. The topological polar surface area (TPSA) is 134 Å². The summed E-state index contributed by atoms with van der Waals surface area (Å²) in [6.07, 6.45) is -0.0198. The molecule has 1 atom stereocenters. The maximum atomic E-state index is 11.5. The first-order valence-corrected chi connectivity index (χ1v) is 6.14. The molecule has 1 unspecified atom stereocenters. The molecule has 0 bridgehead atoms. The van der Waals surface area contributed by atoms with Crippen LogP contribution >= 0.6 is 0 Å². The molecule has 0 radical (unpaired) electrons. The summed E-state index contributed by atoms with van der Waals surface area (Å²) < 4.78 is 0. The summed E-state index contributed by atoms with van der Waals surface area (Å²) in [5.74, 6) is -0.521. The summed E-state index contributed by atoms with van der Waals surface area (Å²) in [5, 5.41) is 12.7. The lowest BCUT2D eigenvalue weighted by Gasteiger charge is -2.07. The van der Waals surface area contributed by atoms with Gasteiger partial charge >= 0.3 is 6.03 Å². The zero-order chi connectivity index (χ0) is 14.9. The number of rotatable bonds is 4. The number of aliphatic hydroxyl groups excluding tert-OH is 1. The molecule has 0 saturated carbocycles. The van der Waals surface area contributed by atoms with Crippen LogP contribution in [0.25, 0.3) is 10.9 Å². The summed E-state index contributed by atoms with van der Waals surface area (Å²) in [4.78, 5) is 25.3. The van der Waals surface area contributed by atoms with Crippen LogP contribution < -0.4 is 16.8 Å². The highest BCUT2D eigenvalue weighted by molar-refractivity contribution is 6.12. The monoisotopic (exact) mass is 276 g/mol. The molecule has 0 aliphatic heterocycles. The van der Waals surface area contributed by atoms with Crippen molar-refractivity contribution in [2.45, 2.75) is 19.4 Å². The van der Waals surface area contributed by atoms with Crippen molar-refractivity contribution in [1.29, 1.82) is 0 Å². The minimum atomic E-state index is -0.798. The highest BCUT2D eigenvalue weighted by Crippen LogP contribution is 2.29. The SMILES string of the molecule is CCC(O)c1ccc2c(C(N)=O)c(NC(N)=O)[nH]c2c1. The normalized spacial score (nSPS) is 12.3. The number of hydrogen-bond acceptors (Lipinski definition) is 3. The van der Waals surface area contributed by atoms with E-state index in [-0.39, 0.29) is 11.4 Å². The number of carbonyl (C=O) groups excluding carboxylic acids is 2. The van der Waals surface area contributed by atoms with E-state index in [0.717, 1.165) is 0 Å². The van der Waals surface area contributed by atoms with Crippen LogP contribution in [0.1, 0.15) is 35.4 Å². The zero-order valence-corrected chi connectivity index (χ0v) is 10.9. The van der Waals surface area contributed by atoms with Crippen LogP contribution in [-0.4, -0.2) is 22.0 Å². The Morgan fingerprint density at radius 2 is 2.10 bits per heavy atom. The standard InChI is InChI=1S/C13H16N4O3/c1-2-9(18)6-3-4-7-8(5-6)16-12(17-13(15)20)10(7)11(14)19/h3-5,9,16,18H,2H2,1H3,(H2,14,19)(H3,15,17,20). The number of hydrogen-bond donors (Lipinski definition) is 5. The fourth-order valence-corrected chi connectivity index (χ4v) is 2.13. The van der Waals surface area contributed by atoms with Crippen molar-refractivity contribution in [3.63, 3.8) is 0 Å². The number of aliphatic hydroxyl groups is 1. The summed E-state index contributed by atoms with van der Waals surface area (Å²) >= 11 is 0. The van der Waals surface area contributed by atoms with Gasteiger partial charge < -0.3 is 21.6 Å². The Kier molecular flexibility index (Phi) is 3.62. The maximum Gasteiger partial charge on any atom is 0.317 e. The van der Waals surface area contributed by atoms with Crippen molar-refractivity contribution in [2.24, 2.45) is 11.5 Å². The Bertz CT molecular complexity index is 678. The van der Waals surface area contributed by atoms with E-state index in [1.165, 1.54) is 0 Å². The molecule has 2 rings (SSSR count). The van der Waals surface area contributed by atoms with E-state index >= 15 is 0 Å². The molecule has 1 heterocycles. The molecule has 106 valence electrons. The lowest BCUT2D eigenvalue weighted by molar-refractivity contribution is 0.100. The van der Waals surface area contributed by atoms with Crippen molar-refractivity contribution in [3.8, 4) is 0 Å². The molecule has 3 amide bonds. The van der Waals surface area contributed by atoms with Gasteiger partial charge in [0.1, 0.15) is 5.82 Å². The summed E-state index contributed by atoms with van der Waals surface area (Å²) in [5.41, 5.74) is 11.8. The van der Waals surface area contributed by atoms with Gasteiger partial charge in [0.15, 0.2) is 0 Å². The first-order chi connectivity index (χ1) is 9.43. The van der Waals surface area contributed by atoms with E-state index in [9.17, 15) is 14.7 Å². The minimum Gasteiger partial charge on any atom is -0.388 e. The van der Waals surface area contributed by atoms with Gasteiger partial charge in [0.2, 0.25) is 0 Å². The molecule has 20 heavy (non-hydrogen) atoms. The van der Waals surface area contributed by atoms with Gasteiger partial charge in [-0.1, -0.05) is 19.1 Å². The van der Waals surface area contributed by atoms with Crippen LogP contribution in [-0.2, 0) is 0 Å². The Hall–Kier alpha value is -2.54. The number of nitrogens with one attached hydrogen (secondary N) is 2. The number of urea groups is 1. The number of aromatic amines is 1. The van der Waals surface area contributed by atoms with Crippen molar-refractivity contribution < 1.29 is 14.7 Å². The first kappa shape index (κ1) is 13.9. The van der Waals surface area contributed by atoms with E-state index in [0.29, 0.717) is 22.9 Å². The zero-order valence-electron chi connectivity index (χ0n) is 10.9. The number of nitrogens with two attached hydrogens (primary N) is 2. The number of aromatic nitrogens is 1. The largest absolute Gasteiger partial charge is 0.388 e. The fraction of sp³-hybridized carbons (Fsp3) is 0.231. The molecular formula is C13H16N4O3. The molecule has 1 aromatic heterocycles. The van der Waals surface area contributed by atoms with Gasteiger partial charge in [-0.05, 0) is 18.1 Å². The molecule has 1 aromatic carbocycles. The van der Waals surface area contributed by atoms with Gasteiger partial charge in [0.25, 0.3) is 5.91 Å². The van der Waals surface area contributed by atoms with Gasteiger partial charge in [-0.2, -0.15) is 0 Å². The van der Waals surface area contributed by atoms with Crippen LogP contribution in [0.15, 0.2) is 18.2 Å². The van der Waals surface area contributed by atoms with Gasteiger partial charge in [-0.25, -0.2) is 4.79 Å². The number of fused-ring (bicyclic) bond motifs is 1. The smallest absolute Gasteiger partial charge is 0.317 e. The van der Waals surface area contributed by atoms with E-state index in [2.05, 4.69) is 10.3 Å². The van der Waals surface area contributed by atoms with Gasteiger partial charge in [0.05, 0.1) is 11.7 Å². The number of benzene rings is 1. The van der Waals surface area contributed by atoms with E-state index in [1.54, 1.807) is 18.2 Å². The number of H-pyrrole nitrogens is 1. The lowest BCUT2D eigenvalue weighted by atomic mass is 10.0. The summed E-state index contributed by atoms with van der Waals surface area (Å²) in [6, 6.07) is 4.30. The highest BCUT2D eigenvalue weighted by atomic mass is 16.3. The van der Waals surface area contributed by atoms with Crippen molar-refractivity contribution >= 4 is 28.7 Å². The Labute approximate surface area is 114 Å². The van der Waals surface area contributed by atoms with Crippen LogP contribution in [0, 0.1) is 0 Å². The highest BCUT2D eigenvalue weighted by Gasteiger charge is 2.18. The minimum absolute atomic E-state index is 0.156. The van der Waals surface area contributed by atoms with E-state index in [1.807, 2.05) is 6.92 Å². The molecule has 0 spiro atoms. The van der Waals surface area contributed by atoms with Crippen molar-refractivity contribution in [2.75, 3.05) is 5.32 Å². The van der Waals surface area contributed by atoms with Crippen molar-refractivity contribution in [3.05, 3.63) is 29.3 Å². The summed E-state index contributed by atoms with van der Waals surface area (Å²) in [7, 11) is 0. The van der Waals surface area contributed by atoms with Crippen LogP contribution in [0.5, 0.6) is 0 Å². The number of primary amides is 2. The second-order valence-corrected chi connectivity index (χ2v) is 4.46. The third-order valence-corrected chi connectivity index (χ3v) is 3.09. The molecule has 0 fully saturated rings. The third-order valence-electron chi connectivity index (χ3n) is 3.09.